The van der Waals surface area contributed by atoms with E-state index < -0.39 is 0 Å². The monoisotopic (exact) mass is 416 g/mol. The minimum atomic E-state index is -0.279. The SMILES string of the molecule is CCOC(=O)CCOCc1ccccc1NCCCN1CCOc2cc(F)ccc21. The number of anilines is 2. The van der Waals surface area contributed by atoms with Gasteiger partial charge in [-0.1, -0.05) is 18.2 Å². The summed E-state index contributed by atoms with van der Waals surface area (Å²) >= 11 is 0. The summed E-state index contributed by atoms with van der Waals surface area (Å²) in [7, 11) is 0. The maximum absolute atomic E-state index is 13.4. The quantitative estimate of drug-likeness (QED) is 0.441. The van der Waals surface area contributed by atoms with Gasteiger partial charge in [-0.05, 0) is 31.5 Å². The number of para-hydroxylation sites is 1. The summed E-state index contributed by atoms with van der Waals surface area (Å²) in [6.07, 6.45) is 1.18. The summed E-state index contributed by atoms with van der Waals surface area (Å²) in [5.41, 5.74) is 3.02. The van der Waals surface area contributed by atoms with E-state index in [2.05, 4.69) is 10.2 Å². The molecule has 1 aliphatic heterocycles. The molecule has 0 saturated heterocycles. The molecule has 0 saturated carbocycles. The Morgan fingerprint density at radius 1 is 1.27 bits per heavy atom. The van der Waals surface area contributed by atoms with Crippen molar-refractivity contribution in [3.63, 3.8) is 0 Å². The molecule has 2 aromatic carbocycles. The minimum Gasteiger partial charge on any atom is -0.489 e. The van der Waals surface area contributed by atoms with Gasteiger partial charge in [0.2, 0.25) is 0 Å². The molecule has 1 heterocycles. The number of benzene rings is 2. The lowest BCUT2D eigenvalue weighted by atomic mass is 10.2. The molecule has 0 amide bonds. The maximum Gasteiger partial charge on any atom is 0.308 e. The second-order valence-electron chi connectivity index (χ2n) is 6.99. The first kappa shape index (κ1) is 21.9. The van der Waals surface area contributed by atoms with Gasteiger partial charge in [-0.3, -0.25) is 4.79 Å². The third-order valence-electron chi connectivity index (χ3n) is 4.83. The zero-order valence-corrected chi connectivity index (χ0v) is 17.4. The molecule has 7 heteroatoms. The third-order valence-corrected chi connectivity index (χ3v) is 4.83. The predicted octanol–water partition coefficient (Wildman–Crippen LogP) is 4.00. The van der Waals surface area contributed by atoms with Gasteiger partial charge in [-0.2, -0.15) is 0 Å². The van der Waals surface area contributed by atoms with E-state index >= 15 is 0 Å². The molecule has 0 spiro atoms. The number of nitrogens with zero attached hydrogens (tertiary/aromatic N) is 1. The Hall–Kier alpha value is -2.80. The van der Waals surface area contributed by atoms with Crippen LogP contribution < -0.4 is 15.0 Å². The smallest absolute Gasteiger partial charge is 0.308 e. The van der Waals surface area contributed by atoms with Gasteiger partial charge in [-0.15, -0.1) is 0 Å². The van der Waals surface area contributed by atoms with Crippen molar-refractivity contribution in [1.29, 1.82) is 0 Å². The number of carbonyl (C=O) groups excluding carboxylic acids is 1. The summed E-state index contributed by atoms with van der Waals surface area (Å²) < 4.78 is 29.5. The molecule has 1 N–H and O–H groups in total. The second kappa shape index (κ2) is 11.4. The van der Waals surface area contributed by atoms with E-state index in [9.17, 15) is 9.18 Å². The van der Waals surface area contributed by atoms with E-state index in [-0.39, 0.29) is 18.2 Å². The first-order chi connectivity index (χ1) is 14.7. The highest BCUT2D eigenvalue weighted by Gasteiger charge is 2.18. The van der Waals surface area contributed by atoms with Crippen molar-refractivity contribution in [2.24, 2.45) is 0 Å². The fourth-order valence-electron chi connectivity index (χ4n) is 3.37. The molecule has 3 rings (SSSR count). The number of hydrogen-bond donors (Lipinski definition) is 1. The molecule has 0 radical (unpaired) electrons. The zero-order valence-electron chi connectivity index (χ0n) is 17.4. The van der Waals surface area contributed by atoms with Gasteiger partial charge < -0.3 is 24.4 Å². The average molecular weight is 416 g/mol. The van der Waals surface area contributed by atoms with Gasteiger partial charge in [0.1, 0.15) is 18.2 Å². The highest BCUT2D eigenvalue weighted by Crippen LogP contribution is 2.32. The Morgan fingerprint density at radius 2 is 2.13 bits per heavy atom. The summed E-state index contributed by atoms with van der Waals surface area (Å²) in [5.74, 6) is 0.0919. The highest BCUT2D eigenvalue weighted by molar-refractivity contribution is 5.69. The van der Waals surface area contributed by atoms with Crippen LogP contribution >= 0.6 is 0 Å². The summed E-state index contributed by atoms with van der Waals surface area (Å²) in [6.45, 7) is 5.96. The zero-order chi connectivity index (χ0) is 21.2. The lowest BCUT2D eigenvalue weighted by molar-refractivity contribution is -0.144. The van der Waals surface area contributed by atoms with Crippen LogP contribution in [0.15, 0.2) is 42.5 Å². The predicted molar refractivity (Wildman–Crippen MR) is 115 cm³/mol. The molecule has 0 fully saturated rings. The van der Waals surface area contributed by atoms with E-state index in [0.717, 1.165) is 43.0 Å². The molecule has 30 heavy (non-hydrogen) atoms. The average Bonchev–Trinajstić information content (AvgIpc) is 2.75. The Labute approximate surface area is 176 Å². The van der Waals surface area contributed by atoms with Gasteiger partial charge in [0.05, 0.1) is 38.5 Å². The van der Waals surface area contributed by atoms with Gasteiger partial charge in [0, 0.05) is 30.4 Å². The molecule has 0 atom stereocenters. The molecule has 1 aliphatic rings. The number of carbonyl (C=O) groups is 1. The lowest BCUT2D eigenvalue weighted by Crippen LogP contribution is -2.34. The number of halogens is 1. The van der Waals surface area contributed by atoms with E-state index in [1.165, 1.54) is 12.1 Å². The minimum absolute atomic E-state index is 0.240. The van der Waals surface area contributed by atoms with E-state index in [4.69, 9.17) is 14.2 Å². The first-order valence-electron chi connectivity index (χ1n) is 10.4. The van der Waals surface area contributed by atoms with Crippen LogP contribution in [0.25, 0.3) is 0 Å². The molecule has 2 aromatic rings. The number of hydrogen-bond acceptors (Lipinski definition) is 6. The molecule has 0 aromatic heterocycles. The van der Waals surface area contributed by atoms with Crippen molar-refractivity contribution < 1.29 is 23.4 Å². The fourth-order valence-corrected chi connectivity index (χ4v) is 3.37. The van der Waals surface area contributed by atoms with E-state index in [0.29, 0.717) is 32.2 Å². The van der Waals surface area contributed by atoms with Crippen molar-refractivity contribution in [3.8, 4) is 5.75 Å². The van der Waals surface area contributed by atoms with Crippen LogP contribution in [0.4, 0.5) is 15.8 Å². The lowest BCUT2D eigenvalue weighted by Gasteiger charge is -2.31. The van der Waals surface area contributed by atoms with Crippen molar-refractivity contribution in [2.45, 2.75) is 26.4 Å². The molecule has 6 nitrogen and oxygen atoms in total. The largest absolute Gasteiger partial charge is 0.489 e. The van der Waals surface area contributed by atoms with Crippen LogP contribution in [0.1, 0.15) is 25.3 Å². The number of fused-ring (bicyclic) bond motifs is 1. The van der Waals surface area contributed by atoms with Crippen LogP contribution in [-0.4, -0.2) is 45.4 Å². The summed E-state index contributed by atoms with van der Waals surface area (Å²) in [5, 5.41) is 3.47. The van der Waals surface area contributed by atoms with E-state index in [1.54, 1.807) is 13.0 Å². The molecule has 0 aliphatic carbocycles. The van der Waals surface area contributed by atoms with Crippen molar-refractivity contribution >= 4 is 17.3 Å². The Balaban J connectivity index is 1.43. The number of rotatable bonds is 11. The highest BCUT2D eigenvalue weighted by atomic mass is 19.1. The van der Waals surface area contributed by atoms with Crippen LogP contribution in [-0.2, 0) is 20.9 Å². The fraction of sp³-hybridized carbons (Fsp3) is 0.435. The van der Waals surface area contributed by atoms with Crippen LogP contribution in [0.2, 0.25) is 0 Å². The Morgan fingerprint density at radius 3 is 3.00 bits per heavy atom. The maximum atomic E-state index is 13.4. The van der Waals surface area contributed by atoms with Gasteiger partial charge in [-0.25, -0.2) is 4.39 Å². The van der Waals surface area contributed by atoms with Gasteiger partial charge >= 0.3 is 5.97 Å². The second-order valence-corrected chi connectivity index (χ2v) is 6.99. The Bertz CT molecular complexity index is 831. The number of nitrogens with one attached hydrogen (secondary N) is 1. The van der Waals surface area contributed by atoms with Crippen molar-refractivity contribution in [2.75, 3.05) is 49.7 Å². The number of ether oxygens (including phenoxy) is 3. The van der Waals surface area contributed by atoms with Crippen molar-refractivity contribution in [1.82, 2.24) is 0 Å². The summed E-state index contributed by atoms with van der Waals surface area (Å²) in [6, 6.07) is 12.7. The Kier molecular flexibility index (Phi) is 8.32. The van der Waals surface area contributed by atoms with Crippen LogP contribution in [0.5, 0.6) is 5.75 Å². The van der Waals surface area contributed by atoms with E-state index in [1.807, 2.05) is 24.3 Å². The first-order valence-corrected chi connectivity index (χ1v) is 10.4. The van der Waals surface area contributed by atoms with Crippen LogP contribution in [0, 0.1) is 5.82 Å². The summed E-state index contributed by atoms with van der Waals surface area (Å²) in [4.78, 5) is 13.6. The van der Waals surface area contributed by atoms with Crippen LogP contribution in [0.3, 0.4) is 0 Å². The normalized spacial score (nSPS) is 12.8. The molecular formula is C23H29FN2O4. The van der Waals surface area contributed by atoms with Gasteiger partial charge in [0.25, 0.3) is 0 Å². The standard InChI is InChI=1S/C23H29FN2O4/c1-2-29-23(27)10-14-28-17-18-6-3-4-7-20(18)25-11-5-12-26-13-15-30-22-16-19(24)8-9-21(22)26/h3-4,6-9,16,25H,2,5,10-15,17H2,1H3. The molecular weight excluding hydrogens is 387 g/mol. The van der Waals surface area contributed by atoms with Crippen molar-refractivity contribution in [3.05, 3.63) is 53.8 Å². The van der Waals surface area contributed by atoms with Gasteiger partial charge in [0.15, 0.2) is 0 Å². The third kappa shape index (κ3) is 6.35. The molecule has 0 bridgehead atoms. The molecule has 162 valence electrons. The number of esters is 1. The molecule has 0 unspecified atom stereocenters. The topological polar surface area (TPSA) is 60.0 Å².